The third kappa shape index (κ3) is 8.88. The average molecular weight is 292 g/mol. The zero-order valence-corrected chi connectivity index (χ0v) is 7.90. The minimum atomic E-state index is 0. The van der Waals surface area contributed by atoms with E-state index in [9.17, 15) is 0 Å². The van der Waals surface area contributed by atoms with Crippen LogP contribution in [0.15, 0.2) is 0 Å². The van der Waals surface area contributed by atoms with Gasteiger partial charge in [-0.2, -0.15) is 0 Å². The summed E-state index contributed by atoms with van der Waals surface area (Å²) in [4.78, 5) is 3.22. The van der Waals surface area contributed by atoms with E-state index in [2.05, 4.69) is 4.93 Å². The Morgan fingerprint density at radius 2 is 1.25 bits per heavy atom. The Hall–Kier alpha value is 2.23. The maximum Gasteiger partial charge on any atom is 2.00 e. The van der Waals surface area contributed by atoms with Crippen LogP contribution < -0.4 is 24.0 Å². The van der Waals surface area contributed by atoms with Gasteiger partial charge in [0.15, 0.2) is 0 Å². The van der Waals surface area contributed by atoms with E-state index in [1.807, 2.05) is 22.6 Å². The summed E-state index contributed by atoms with van der Waals surface area (Å²) in [6.07, 6.45) is 0. The number of halogens is 2. The molecule has 0 bridgehead atoms. The molecule has 0 unspecified atom stereocenters. The van der Waals surface area contributed by atoms with Gasteiger partial charge < -0.3 is 46.6 Å². The summed E-state index contributed by atoms with van der Waals surface area (Å²) in [5.41, 5.74) is 0. The maximum atomic E-state index is 3.22. The van der Waals surface area contributed by atoms with Gasteiger partial charge >= 0.3 is 23.1 Å². The first kappa shape index (κ1) is 16.3. The van der Waals surface area contributed by atoms with Gasteiger partial charge in [-0.1, -0.05) is 0 Å². The molecule has 0 aromatic carbocycles. The van der Waals surface area contributed by atoms with Gasteiger partial charge in [0.05, 0.1) is 0 Å². The van der Waals surface area contributed by atoms with E-state index in [0.717, 1.165) is 0 Å². The molecule has 0 spiro atoms. The molecule has 4 heavy (non-hydrogen) atoms. The van der Waals surface area contributed by atoms with Crippen LogP contribution in [0.3, 0.4) is 0 Å². The second kappa shape index (κ2) is 18.8. The monoisotopic (exact) mass is 292 g/mol. The molecule has 0 aliphatic carbocycles. The van der Waals surface area contributed by atoms with Crippen molar-refractivity contribution < 1.29 is 24.0 Å². The van der Waals surface area contributed by atoms with E-state index in [4.69, 9.17) is 0 Å². The fourth-order valence-electron chi connectivity index (χ4n) is 0. The third-order valence-corrected chi connectivity index (χ3v) is 0. The van der Waals surface area contributed by atoms with Crippen LogP contribution in [-0.2, 0) is 0 Å². The van der Waals surface area contributed by atoms with Gasteiger partial charge in [0, 0.05) is 0 Å². The van der Waals surface area contributed by atoms with Crippen molar-refractivity contribution in [2.75, 3.05) is 0 Å². The van der Waals surface area contributed by atoms with Crippen LogP contribution in [0.4, 0.5) is 0 Å². The second-order valence-corrected chi connectivity index (χ2v) is 0. The van der Waals surface area contributed by atoms with E-state index in [1.165, 1.54) is 0 Å². The van der Waals surface area contributed by atoms with E-state index in [0.29, 0.717) is 0 Å². The SMILES string of the molecule is [CH2-]I.[I-].[Mg+2]. The van der Waals surface area contributed by atoms with Gasteiger partial charge in [0.2, 0.25) is 0 Å². The molecule has 0 heterocycles. The summed E-state index contributed by atoms with van der Waals surface area (Å²) in [7, 11) is 0. The van der Waals surface area contributed by atoms with Crippen molar-refractivity contribution in [3.63, 3.8) is 0 Å². The Labute approximate surface area is 73.4 Å². The molecule has 0 N–H and O–H groups in total. The van der Waals surface area contributed by atoms with Crippen molar-refractivity contribution >= 4 is 45.6 Å². The van der Waals surface area contributed by atoms with Crippen LogP contribution in [0.1, 0.15) is 0 Å². The van der Waals surface area contributed by atoms with Crippen LogP contribution in [0.2, 0.25) is 0 Å². The van der Waals surface area contributed by atoms with Crippen molar-refractivity contribution in [1.82, 2.24) is 0 Å². The Kier molecular flexibility index (Phi) is 76.9. The molecule has 0 aromatic rings. The normalized spacial score (nSPS) is 1.50. The molecule has 0 saturated heterocycles. The molecule has 0 aliphatic heterocycles. The van der Waals surface area contributed by atoms with E-state index >= 15 is 0 Å². The van der Waals surface area contributed by atoms with Gasteiger partial charge in [-0.3, -0.25) is 4.93 Å². The Morgan fingerprint density at radius 1 is 1.25 bits per heavy atom. The quantitative estimate of drug-likeness (QED) is 0.271. The maximum absolute atomic E-state index is 3.22. The summed E-state index contributed by atoms with van der Waals surface area (Å²) >= 11 is 1.90. The van der Waals surface area contributed by atoms with Crippen LogP contribution in [-0.4, -0.2) is 23.1 Å². The summed E-state index contributed by atoms with van der Waals surface area (Å²) in [5.74, 6) is 0. The molecular formula is CH2I2Mg. The van der Waals surface area contributed by atoms with Crippen molar-refractivity contribution in [3.8, 4) is 0 Å². The van der Waals surface area contributed by atoms with Crippen molar-refractivity contribution in [2.45, 2.75) is 0 Å². The zero-order valence-electron chi connectivity index (χ0n) is 2.17. The van der Waals surface area contributed by atoms with Crippen LogP contribution in [0, 0.1) is 4.93 Å². The minimum Gasteiger partial charge on any atom is -1.00 e. The largest absolute Gasteiger partial charge is 2.00 e. The van der Waals surface area contributed by atoms with Gasteiger partial charge in [0.1, 0.15) is 0 Å². The molecule has 0 radical (unpaired) electrons. The molecule has 3 heteroatoms. The van der Waals surface area contributed by atoms with E-state index in [-0.39, 0.29) is 47.0 Å². The number of hydrogen-bond donors (Lipinski definition) is 0. The van der Waals surface area contributed by atoms with Crippen LogP contribution >= 0.6 is 22.6 Å². The summed E-state index contributed by atoms with van der Waals surface area (Å²) in [5, 5.41) is 0. The fraction of sp³-hybridized carbons (Fsp3) is 0. The molecule has 0 fully saturated rings. The molecule has 22 valence electrons. The van der Waals surface area contributed by atoms with Crippen molar-refractivity contribution in [1.29, 1.82) is 0 Å². The van der Waals surface area contributed by atoms with Gasteiger partial charge in [-0.05, 0) is 0 Å². The first-order valence-electron chi connectivity index (χ1n) is 0.267. The summed E-state index contributed by atoms with van der Waals surface area (Å²) in [6.45, 7) is 0. The second-order valence-electron chi connectivity index (χ2n) is 0. The Balaban J connectivity index is -0.00000000500. The smallest absolute Gasteiger partial charge is 1.00 e. The van der Waals surface area contributed by atoms with Crippen molar-refractivity contribution in [2.24, 2.45) is 0 Å². The minimum absolute atomic E-state index is 0. The van der Waals surface area contributed by atoms with Crippen LogP contribution in [0.25, 0.3) is 0 Å². The standard InChI is InChI=1S/CH2I.HI.Mg/c1-2;;/h1H2;1H;/q-1;;+2/p-1. The number of rotatable bonds is 0. The molecule has 0 nitrogen and oxygen atoms in total. The van der Waals surface area contributed by atoms with E-state index < -0.39 is 0 Å². The third-order valence-electron chi connectivity index (χ3n) is 0. The van der Waals surface area contributed by atoms with Crippen molar-refractivity contribution in [3.05, 3.63) is 4.93 Å². The van der Waals surface area contributed by atoms with Gasteiger partial charge in [-0.15, -0.1) is 0 Å². The van der Waals surface area contributed by atoms with Gasteiger partial charge in [0.25, 0.3) is 0 Å². The topological polar surface area (TPSA) is 0 Å². The molecule has 0 aromatic heterocycles. The Bertz CT molecular complexity index is 6.00. The molecule has 0 rings (SSSR count). The molecular weight excluding hydrogens is 290 g/mol. The molecule has 0 aliphatic rings. The summed E-state index contributed by atoms with van der Waals surface area (Å²) < 4.78 is 0. The van der Waals surface area contributed by atoms with E-state index in [1.54, 1.807) is 0 Å². The predicted molar refractivity (Wildman–Crippen MR) is 25.1 cm³/mol. The molecule has 0 saturated carbocycles. The number of hydrogen-bond acceptors (Lipinski definition) is 0. The molecule has 0 amide bonds. The first-order chi connectivity index (χ1) is 1.00. The van der Waals surface area contributed by atoms with Crippen LogP contribution in [0.5, 0.6) is 0 Å². The zero-order chi connectivity index (χ0) is 2.00. The average Bonchev–Trinajstić information content (AvgIpc) is 1.00. The Morgan fingerprint density at radius 3 is 1.25 bits per heavy atom. The predicted octanol–water partition coefficient (Wildman–Crippen LogP) is -2.16. The van der Waals surface area contributed by atoms with Gasteiger partial charge in [-0.25, -0.2) is 0 Å². The first-order valence-corrected chi connectivity index (χ1v) is 1.79. The summed E-state index contributed by atoms with van der Waals surface area (Å²) in [6, 6.07) is 0. The molecule has 0 atom stereocenters. The fourth-order valence-corrected chi connectivity index (χ4v) is 0.